The van der Waals surface area contributed by atoms with Gasteiger partial charge in [0.25, 0.3) is 20.0 Å². The van der Waals surface area contributed by atoms with Crippen molar-refractivity contribution in [2.45, 2.75) is 16.4 Å². The summed E-state index contributed by atoms with van der Waals surface area (Å²) < 4.78 is 102. The van der Waals surface area contributed by atoms with E-state index in [0.29, 0.717) is 11.0 Å². The van der Waals surface area contributed by atoms with E-state index >= 15 is 0 Å². The fourth-order valence-corrected chi connectivity index (χ4v) is 5.29. The zero-order valence-corrected chi connectivity index (χ0v) is 19.6. The molecular weight excluding hydrogens is 533 g/mol. The Labute approximate surface area is 202 Å². The minimum absolute atomic E-state index is 0.101. The van der Waals surface area contributed by atoms with E-state index < -0.39 is 42.1 Å². The quantitative estimate of drug-likeness (QED) is 0.312. The summed E-state index contributed by atoms with van der Waals surface area (Å²) in [6.07, 6.45) is -4.94. The SMILES string of the molecule is O=S(=O)(Nc1ccc(Cl)cc1NS(=O)(=O)c1cc2ccccc2o1)c1ccc(OC(F)(F)F)cc1. The fraction of sp³-hybridized carbons (Fsp3) is 0.0476. The molecule has 14 heteroatoms. The fourth-order valence-electron chi connectivity index (χ4n) is 3.00. The van der Waals surface area contributed by atoms with Crippen LogP contribution in [0.1, 0.15) is 0 Å². The van der Waals surface area contributed by atoms with Gasteiger partial charge in [-0.25, -0.2) is 8.42 Å². The van der Waals surface area contributed by atoms with Gasteiger partial charge in [0.15, 0.2) is 0 Å². The number of furan rings is 1. The third-order valence-corrected chi connectivity index (χ3v) is 7.34. The molecule has 8 nitrogen and oxygen atoms in total. The number of rotatable bonds is 7. The van der Waals surface area contributed by atoms with Gasteiger partial charge < -0.3 is 9.15 Å². The van der Waals surface area contributed by atoms with Crippen LogP contribution in [0.2, 0.25) is 5.02 Å². The molecule has 0 aliphatic carbocycles. The topological polar surface area (TPSA) is 115 Å². The summed E-state index contributed by atoms with van der Waals surface area (Å²) in [6.45, 7) is 0. The van der Waals surface area contributed by atoms with Crippen LogP contribution in [0.25, 0.3) is 11.0 Å². The molecular formula is C21H14ClF3N2O6S2. The lowest BCUT2D eigenvalue weighted by atomic mass is 10.3. The van der Waals surface area contributed by atoms with Crippen LogP contribution in [0.15, 0.2) is 87.2 Å². The molecule has 1 aromatic heterocycles. The smallest absolute Gasteiger partial charge is 0.443 e. The van der Waals surface area contributed by atoms with E-state index in [1.165, 1.54) is 24.3 Å². The van der Waals surface area contributed by atoms with Gasteiger partial charge in [0.2, 0.25) is 5.09 Å². The number of nitrogens with one attached hydrogen (secondary N) is 2. The number of para-hydroxylation sites is 1. The first-order valence-electron chi connectivity index (χ1n) is 9.52. The van der Waals surface area contributed by atoms with Crippen LogP contribution in [0, 0.1) is 0 Å². The van der Waals surface area contributed by atoms with Crippen molar-refractivity contribution in [1.82, 2.24) is 0 Å². The molecule has 0 saturated heterocycles. The average molecular weight is 547 g/mol. The summed E-state index contributed by atoms with van der Waals surface area (Å²) in [7, 11) is -8.63. The molecule has 0 radical (unpaired) electrons. The molecule has 0 spiro atoms. The number of ether oxygens (including phenoxy) is 1. The zero-order chi connectivity index (χ0) is 25.4. The van der Waals surface area contributed by atoms with Crippen molar-refractivity contribution in [3.8, 4) is 5.75 Å². The Kier molecular flexibility index (Phi) is 6.34. The van der Waals surface area contributed by atoms with E-state index in [-0.39, 0.29) is 16.4 Å². The maximum Gasteiger partial charge on any atom is 0.573 e. The Hall–Kier alpha value is -3.42. The molecule has 1 heterocycles. The van der Waals surface area contributed by atoms with E-state index in [2.05, 4.69) is 14.2 Å². The third-order valence-electron chi connectivity index (χ3n) is 4.51. The standard InChI is InChI=1S/C21H14ClF3N2O6S2/c22-14-5-10-17(26-34(28,29)16-8-6-15(7-9-16)33-21(23,24)25)18(12-14)27-35(30,31)20-11-13-3-1-2-4-19(13)32-20/h1-12,26-27H. The van der Waals surface area contributed by atoms with E-state index in [1.54, 1.807) is 24.3 Å². The van der Waals surface area contributed by atoms with Gasteiger partial charge in [0.1, 0.15) is 11.3 Å². The van der Waals surface area contributed by atoms with Crippen LogP contribution in [0.5, 0.6) is 5.75 Å². The molecule has 0 saturated carbocycles. The molecule has 4 rings (SSSR count). The highest BCUT2D eigenvalue weighted by Gasteiger charge is 2.31. The second-order valence-electron chi connectivity index (χ2n) is 7.02. The second-order valence-corrected chi connectivity index (χ2v) is 10.8. The highest BCUT2D eigenvalue weighted by atomic mass is 35.5. The third kappa shape index (κ3) is 5.81. The van der Waals surface area contributed by atoms with Crippen LogP contribution < -0.4 is 14.2 Å². The van der Waals surface area contributed by atoms with E-state index in [4.69, 9.17) is 16.0 Å². The number of hydrogen-bond acceptors (Lipinski definition) is 6. The molecule has 0 amide bonds. The molecule has 0 atom stereocenters. The lowest BCUT2D eigenvalue weighted by Crippen LogP contribution is -2.18. The molecule has 4 aromatic rings. The monoisotopic (exact) mass is 546 g/mol. The van der Waals surface area contributed by atoms with Gasteiger partial charge >= 0.3 is 6.36 Å². The van der Waals surface area contributed by atoms with E-state index in [0.717, 1.165) is 24.3 Å². The Morgan fingerprint density at radius 2 is 1.46 bits per heavy atom. The lowest BCUT2D eigenvalue weighted by Gasteiger charge is -2.15. The molecule has 0 aliphatic heterocycles. The minimum Gasteiger partial charge on any atom is -0.443 e. The number of halogens is 4. The van der Waals surface area contributed by atoms with Crippen LogP contribution in [-0.2, 0) is 20.0 Å². The second kappa shape index (κ2) is 8.98. The zero-order valence-electron chi connectivity index (χ0n) is 17.2. The van der Waals surface area contributed by atoms with Gasteiger partial charge in [-0.05, 0) is 48.5 Å². The number of hydrogen-bond donors (Lipinski definition) is 2. The highest BCUT2D eigenvalue weighted by Crippen LogP contribution is 2.32. The van der Waals surface area contributed by atoms with Gasteiger partial charge in [-0.15, -0.1) is 13.2 Å². The summed E-state index contributed by atoms with van der Waals surface area (Å²) in [6, 6.07) is 15.1. The van der Waals surface area contributed by atoms with Gasteiger partial charge in [-0.1, -0.05) is 29.8 Å². The number of sulfonamides is 2. The normalized spacial score (nSPS) is 12.5. The number of alkyl halides is 3. The van der Waals surface area contributed by atoms with E-state index in [1.807, 2.05) is 0 Å². The minimum atomic E-state index is -4.94. The summed E-state index contributed by atoms with van der Waals surface area (Å²) in [4.78, 5) is -0.395. The van der Waals surface area contributed by atoms with E-state index in [9.17, 15) is 30.0 Å². The van der Waals surface area contributed by atoms with Crippen LogP contribution in [-0.4, -0.2) is 23.2 Å². The molecule has 2 N–H and O–H groups in total. The highest BCUT2D eigenvalue weighted by molar-refractivity contribution is 7.93. The Morgan fingerprint density at radius 1 is 0.800 bits per heavy atom. The first kappa shape index (κ1) is 24.7. The molecule has 35 heavy (non-hydrogen) atoms. The van der Waals surface area contributed by atoms with Crippen molar-refractivity contribution in [3.63, 3.8) is 0 Å². The Morgan fingerprint density at radius 3 is 2.11 bits per heavy atom. The molecule has 0 aliphatic rings. The number of anilines is 2. The van der Waals surface area contributed by atoms with Crippen LogP contribution in [0.3, 0.4) is 0 Å². The van der Waals surface area contributed by atoms with Gasteiger partial charge in [-0.3, -0.25) is 9.44 Å². The lowest BCUT2D eigenvalue weighted by molar-refractivity contribution is -0.274. The van der Waals surface area contributed by atoms with Gasteiger partial charge in [0.05, 0.1) is 16.3 Å². The predicted molar refractivity (Wildman–Crippen MR) is 122 cm³/mol. The molecule has 0 fully saturated rings. The molecule has 0 bridgehead atoms. The van der Waals surface area contributed by atoms with Crippen molar-refractivity contribution in [3.05, 3.63) is 77.8 Å². The van der Waals surface area contributed by atoms with Crippen molar-refractivity contribution in [2.75, 3.05) is 9.44 Å². The predicted octanol–water partition coefficient (Wildman–Crippen LogP) is 5.59. The molecule has 0 unspecified atom stereocenters. The van der Waals surface area contributed by atoms with Crippen molar-refractivity contribution in [1.29, 1.82) is 0 Å². The number of benzene rings is 3. The Balaban J connectivity index is 1.62. The summed E-state index contributed by atoms with van der Waals surface area (Å²) in [5, 5.41) is 0.231. The first-order chi connectivity index (χ1) is 16.3. The molecule has 184 valence electrons. The maximum absolute atomic E-state index is 12.9. The molecule has 3 aromatic carbocycles. The largest absolute Gasteiger partial charge is 0.573 e. The summed E-state index contributed by atoms with van der Waals surface area (Å²) in [5.41, 5.74) is -0.0684. The summed E-state index contributed by atoms with van der Waals surface area (Å²) in [5.74, 6) is -0.609. The van der Waals surface area contributed by atoms with Crippen LogP contribution >= 0.6 is 11.6 Å². The van der Waals surface area contributed by atoms with Crippen LogP contribution in [0.4, 0.5) is 24.5 Å². The Bertz CT molecular complexity index is 1570. The average Bonchev–Trinajstić information content (AvgIpc) is 3.20. The van der Waals surface area contributed by atoms with Gasteiger partial charge in [0, 0.05) is 16.5 Å². The van der Waals surface area contributed by atoms with Gasteiger partial charge in [-0.2, -0.15) is 8.42 Å². The van der Waals surface area contributed by atoms with Crippen molar-refractivity contribution < 1.29 is 39.2 Å². The van der Waals surface area contributed by atoms with Crippen molar-refractivity contribution in [2.24, 2.45) is 0 Å². The summed E-state index contributed by atoms with van der Waals surface area (Å²) >= 11 is 5.97. The first-order valence-corrected chi connectivity index (χ1v) is 12.9. The van der Waals surface area contributed by atoms with Crippen molar-refractivity contribution >= 4 is 54.0 Å². The number of fused-ring (bicyclic) bond motifs is 1. The maximum atomic E-state index is 12.9.